The number of fused-ring (bicyclic) bond motifs is 15. The molecule has 0 amide bonds. The van der Waals surface area contributed by atoms with Gasteiger partial charge in [-0.25, -0.2) is 0 Å². The fourth-order valence-corrected chi connectivity index (χ4v) is 6.88. The summed E-state index contributed by atoms with van der Waals surface area (Å²) in [6, 6.07) is 38.7. The monoisotopic (exact) mass is 443 g/mol. The molecule has 162 valence electrons. The Morgan fingerprint density at radius 2 is 1.20 bits per heavy atom. The molecule has 35 heavy (non-hydrogen) atoms. The number of nitrogens with zero attached hydrogens (tertiary/aromatic N) is 1. The van der Waals surface area contributed by atoms with Crippen molar-refractivity contribution in [2.45, 2.75) is 12.8 Å². The van der Waals surface area contributed by atoms with Gasteiger partial charge in [-0.1, -0.05) is 78.9 Å². The van der Waals surface area contributed by atoms with Gasteiger partial charge in [0.2, 0.25) is 0 Å². The molecule has 2 aliphatic carbocycles. The molecule has 2 heterocycles. The maximum atomic E-state index is 2.55. The average molecular weight is 444 g/mol. The summed E-state index contributed by atoms with van der Waals surface area (Å²) in [5.74, 6) is 0. The molecular formula is C34H21N. The zero-order chi connectivity index (χ0) is 22.7. The Kier molecular flexibility index (Phi) is 3.19. The standard InChI is InChI=1S/C34H21N/c1-5-11-25-20(7-1)15-23-17-30-29(19-28(23)25)27-14-13-26-24-10-4-2-8-21(24)16-31(26)34(27)35-32-12-6-3-9-22(32)18-33(30)35/h1-14,17-19H,15-16H2. The molecule has 2 aliphatic rings. The molecule has 5 aromatic carbocycles. The summed E-state index contributed by atoms with van der Waals surface area (Å²) in [5.41, 5.74) is 15.3. The van der Waals surface area contributed by atoms with Crippen molar-refractivity contribution >= 4 is 38.1 Å². The second kappa shape index (κ2) is 6.20. The van der Waals surface area contributed by atoms with Gasteiger partial charge in [0.05, 0.1) is 16.6 Å². The molecule has 0 atom stereocenters. The molecule has 0 spiro atoms. The van der Waals surface area contributed by atoms with E-state index >= 15 is 0 Å². The fraction of sp³-hybridized carbons (Fsp3) is 0.0588. The van der Waals surface area contributed by atoms with Crippen LogP contribution < -0.4 is 0 Å². The van der Waals surface area contributed by atoms with Crippen molar-refractivity contribution in [2.24, 2.45) is 0 Å². The largest absolute Gasteiger partial charge is 0.308 e. The smallest absolute Gasteiger partial charge is 0.0582 e. The number of hydrogen-bond donors (Lipinski definition) is 0. The molecule has 7 aromatic rings. The van der Waals surface area contributed by atoms with Crippen molar-refractivity contribution in [3.8, 4) is 22.3 Å². The number of aromatic nitrogens is 1. The van der Waals surface area contributed by atoms with Crippen LogP contribution in [0.15, 0.2) is 103 Å². The van der Waals surface area contributed by atoms with Crippen LogP contribution in [0.3, 0.4) is 0 Å². The van der Waals surface area contributed by atoms with Gasteiger partial charge in [-0.15, -0.1) is 0 Å². The lowest BCUT2D eigenvalue weighted by atomic mass is 9.95. The van der Waals surface area contributed by atoms with E-state index < -0.39 is 0 Å². The van der Waals surface area contributed by atoms with E-state index in [4.69, 9.17) is 0 Å². The highest BCUT2D eigenvalue weighted by molar-refractivity contribution is 6.18. The summed E-state index contributed by atoms with van der Waals surface area (Å²) >= 11 is 0. The Morgan fingerprint density at radius 1 is 0.457 bits per heavy atom. The third-order valence-corrected chi connectivity index (χ3v) is 8.39. The zero-order valence-electron chi connectivity index (χ0n) is 19.2. The molecule has 0 aliphatic heterocycles. The van der Waals surface area contributed by atoms with Crippen molar-refractivity contribution in [3.63, 3.8) is 0 Å². The Hall–Kier alpha value is -4.36. The van der Waals surface area contributed by atoms with E-state index in [0.717, 1.165) is 12.8 Å². The van der Waals surface area contributed by atoms with Gasteiger partial charge in [-0.2, -0.15) is 0 Å². The van der Waals surface area contributed by atoms with Crippen LogP contribution in [0.4, 0.5) is 0 Å². The van der Waals surface area contributed by atoms with E-state index in [-0.39, 0.29) is 0 Å². The average Bonchev–Trinajstić information content (AvgIpc) is 3.58. The van der Waals surface area contributed by atoms with E-state index in [1.54, 1.807) is 0 Å². The van der Waals surface area contributed by atoms with Gasteiger partial charge in [0, 0.05) is 22.6 Å². The molecule has 0 unspecified atom stereocenters. The van der Waals surface area contributed by atoms with Gasteiger partial charge in [-0.3, -0.25) is 0 Å². The first-order chi connectivity index (χ1) is 17.3. The van der Waals surface area contributed by atoms with E-state index in [0.29, 0.717) is 0 Å². The first-order valence-corrected chi connectivity index (χ1v) is 12.5. The van der Waals surface area contributed by atoms with E-state index in [1.165, 1.54) is 82.6 Å². The van der Waals surface area contributed by atoms with Crippen LogP contribution in [0.25, 0.3) is 60.3 Å². The number of rotatable bonds is 0. The highest BCUT2D eigenvalue weighted by Crippen LogP contribution is 2.46. The van der Waals surface area contributed by atoms with Gasteiger partial charge >= 0.3 is 0 Å². The maximum absolute atomic E-state index is 2.55. The van der Waals surface area contributed by atoms with Gasteiger partial charge in [-0.05, 0) is 80.6 Å². The third kappa shape index (κ3) is 2.19. The Balaban J connectivity index is 1.51. The van der Waals surface area contributed by atoms with Crippen LogP contribution >= 0.6 is 0 Å². The fourth-order valence-electron chi connectivity index (χ4n) is 6.88. The molecule has 0 saturated heterocycles. The normalized spacial score (nSPS) is 13.5. The lowest BCUT2D eigenvalue weighted by Crippen LogP contribution is -1.96. The van der Waals surface area contributed by atoms with Crippen LogP contribution in [0.1, 0.15) is 22.3 Å². The molecular weight excluding hydrogens is 422 g/mol. The molecule has 9 rings (SSSR count). The number of para-hydroxylation sites is 1. The second-order valence-corrected chi connectivity index (χ2v) is 10.1. The maximum Gasteiger partial charge on any atom is 0.0582 e. The van der Waals surface area contributed by atoms with Crippen LogP contribution in [0.5, 0.6) is 0 Å². The minimum absolute atomic E-state index is 0.990. The molecule has 0 bridgehead atoms. The quantitative estimate of drug-likeness (QED) is 0.207. The molecule has 2 aromatic heterocycles. The molecule has 0 N–H and O–H groups in total. The van der Waals surface area contributed by atoms with Crippen molar-refractivity contribution in [2.75, 3.05) is 0 Å². The summed E-state index contributed by atoms with van der Waals surface area (Å²) in [6.07, 6.45) is 2.01. The Morgan fingerprint density at radius 3 is 2.09 bits per heavy atom. The lowest BCUT2D eigenvalue weighted by molar-refractivity contribution is 1.24. The Labute approximate surface area is 202 Å². The first kappa shape index (κ1) is 18.0. The molecule has 1 heteroatoms. The summed E-state index contributed by atoms with van der Waals surface area (Å²) in [5, 5.41) is 5.38. The van der Waals surface area contributed by atoms with Crippen LogP contribution in [0.2, 0.25) is 0 Å². The predicted octanol–water partition coefficient (Wildman–Crippen LogP) is 8.54. The van der Waals surface area contributed by atoms with Gasteiger partial charge in [0.25, 0.3) is 0 Å². The van der Waals surface area contributed by atoms with Gasteiger partial charge in [0.1, 0.15) is 0 Å². The van der Waals surface area contributed by atoms with E-state index in [1.807, 2.05) is 0 Å². The molecule has 1 nitrogen and oxygen atoms in total. The van der Waals surface area contributed by atoms with Gasteiger partial charge in [0.15, 0.2) is 0 Å². The van der Waals surface area contributed by atoms with Crippen LogP contribution in [-0.2, 0) is 12.8 Å². The molecule has 0 radical (unpaired) electrons. The van der Waals surface area contributed by atoms with Crippen LogP contribution in [-0.4, -0.2) is 4.40 Å². The van der Waals surface area contributed by atoms with Crippen molar-refractivity contribution in [3.05, 3.63) is 125 Å². The summed E-state index contributed by atoms with van der Waals surface area (Å²) in [7, 11) is 0. The predicted molar refractivity (Wildman–Crippen MR) is 146 cm³/mol. The lowest BCUT2D eigenvalue weighted by Gasteiger charge is -2.15. The van der Waals surface area contributed by atoms with Crippen molar-refractivity contribution in [1.82, 2.24) is 4.40 Å². The first-order valence-electron chi connectivity index (χ1n) is 12.5. The topological polar surface area (TPSA) is 4.41 Å². The summed E-state index contributed by atoms with van der Waals surface area (Å²) < 4.78 is 2.55. The van der Waals surface area contributed by atoms with Crippen molar-refractivity contribution in [1.29, 1.82) is 0 Å². The van der Waals surface area contributed by atoms with E-state index in [9.17, 15) is 0 Å². The van der Waals surface area contributed by atoms with Gasteiger partial charge < -0.3 is 4.40 Å². The zero-order valence-corrected chi connectivity index (χ0v) is 19.2. The highest BCUT2D eigenvalue weighted by atomic mass is 14.9. The Bertz CT molecular complexity index is 2050. The number of pyridine rings is 1. The SMILES string of the molecule is c1ccc2c(c1)Cc1cc3c(cc1-2)c1ccc2c(c1n1c4ccccc4cc31)Cc1ccccc1-2. The molecule has 0 saturated carbocycles. The minimum atomic E-state index is 0.990. The van der Waals surface area contributed by atoms with Crippen LogP contribution in [0, 0.1) is 0 Å². The summed E-state index contributed by atoms with van der Waals surface area (Å²) in [6.45, 7) is 0. The van der Waals surface area contributed by atoms with E-state index in [2.05, 4.69) is 108 Å². The second-order valence-electron chi connectivity index (χ2n) is 10.1. The number of benzene rings is 5. The third-order valence-electron chi connectivity index (χ3n) is 8.39. The minimum Gasteiger partial charge on any atom is -0.308 e. The number of hydrogen-bond acceptors (Lipinski definition) is 0. The van der Waals surface area contributed by atoms with Crippen molar-refractivity contribution < 1.29 is 0 Å². The molecule has 0 fully saturated rings. The highest BCUT2D eigenvalue weighted by Gasteiger charge is 2.25. The summed E-state index contributed by atoms with van der Waals surface area (Å²) in [4.78, 5) is 0.